The Morgan fingerprint density at radius 1 is 1.28 bits per heavy atom. The molecule has 25 heavy (non-hydrogen) atoms. The number of imide groups is 1. The van der Waals surface area contributed by atoms with Crippen molar-refractivity contribution < 1.29 is 14.4 Å². The number of carbonyl (C=O) groups is 3. The average molecular weight is 356 g/mol. The summed E-state index contributed by atoms with van der Waals surface area (Å²) in [7, 11) is 0. The number of thioether (sulfide) groups is 1. The largest absolute Gasteiger partial charge is 0.302 e. The van der Waals surface area contributed by atoms with E-state index in [1.807, 2.05) is 11.0 Å². The summed E-state index contributed by atoms with van der Waals surface area (Å²) >= 11 is 0.824. The molecule has 1 fully saturated rings. The van der Waals surface area contributed by atoms with Crippen LogP contribution in [0.3, 0.4) is 0 Å². The van der Waals surface area contributed by atoms with Gasteiger partial charge in [-0.2, -0.15) is 0 Å². The lowest BCUT2D eigenvalue weighted by Gasteiger charge is -2.43. The van der Waals surface area contributed by atoms with Gasteiger partial charge in [-0.15, -0.1) is 0 Å². The van der Waals surface area contributed by atoms with Crippen LogP contribution in [-0.4, -0.2) is 22.6 Å². The lowest BCUT2D eigenvalue weighted by molar-refractivity contribution is -0.116. The molecular formula is C19H20N2O3S. The van der Waals surface area contributed by atoms with E-state index in [0.29, 0.717) is 11.5 Å². The molecule has 0 saturated carbocycles. The van der Waals surface area contributed by atoms with Crippen molar-refractivity contribution in [3.05, 3.63) is 33.7 Å². The molecule has 0 radical (unpaired) electrons. The molecule has 0 spiro atoms. The van der Waals surface area contributed by atoms with Crippen molar-refractivity contribution in [1.29, 1.82) is 0 Å². The third kappa shape index (κ3) is 2.20. The number of hydrogen-bond donors (Lipinski definition) is 1. The van der Waals surface area contributed by atoms with Gasteiger partial charge in [0.25, 0.3) is 17.1 Å². The zero-order valence-electron chi connectivity index (χ0n) is 14.7. The third-order valence-electron chi connectivity index (χ3n) is 5.30. The van der Waals surface area contributed by atoms with Crippen LogP contribution in [0.4, 0.5) is 10.5 Å². The number of aryl methyl sites for hydroxylation is 1. The maximum Gasteiger partial charge on any atom is 0.290 e. The first-order chi connectivity index (χ1) is 11.7. The van der Waals surface area contributed by atoms with E-state index in [1.165, 1.54) is 0 Å². The van der Waals surface area contributed by atoms with Crippen molar-refractivity contribution in [1.82, 2.24) is 5.32 Å². The minimum absolute atomic E-state index is 0.172. The van der Waals surface area contributed by atoms with E-state index in [-0.39, 0.29) is 16.4 Å². The van der Waals surface area contributed by atoms with Crippen LogP contribution in [0.15, 0.2) is 17.0 Å². The lowest BCUT2D eigenvalue weighted by atomic mass is 9.79. The smallest absolute Gasteiger partial charge is 0.290 e. The zero-order valence-corrected chi connectivity index (χ0v) is 15.5. The molecule has 0 aliphatic carbocycles. The summed E-state index contributed by atoms with van der Waals surface area (Å²) in [5, 5.41) is 1.85. The minimum atomic E-state index is -0.472. The first-order valence-electron chi connectivity index (χ1n) is 8.53. The van der Waals surface area contributed by atoms with Crippen LogP contribution in [0.1, 0.15) is 56.7 Å². The molecule has 3 aliphatic heterocycles. The van der Waals surface area contributed by atoms with Gasteiger partial charge in [0.1, 0.15) is 0 Å². The molecule has 3 heterocycles. The molecule has 1 saturated heterocycles. The lowest BCUT2D eigenvalue weighted by Crippen LogP contribution is -2.49. The highest BCUT2D eigenvalue weighted by Gasteiger charge is 2.49. The highest BCUT2D eigenvalue weighted by molar-refractivity contribution is 8.18. The summed E-state index contributed by atoms with van der Waals surface area (Å²) in [5.41, 5.74) is 4.06. The second kappa shape index (κ2) is 5.21. The fraction of sp³-hybridized carbons (Fsp3) is 0.421. The predicted octanol–water partition coefficient (Wildman–Crippen LogP) is 3.58. The normalized spacial score (nSPS) is 27.0. The Kier molecular flexibility index (Phi) is 3.41. The van der Waals surface area contributed by atoms with Gasteiger partial charge in [-0.05, 0) is 61.6 Å². The van der Waals surface area contributed by atoms with Gasteiger partial charge in [0, 0.05) is 11.1 Å². The Bertz CT molecular complexity index is 885. The van der Waals surface area contributed by atoms with Crippen LogP contribution >= 0.6 is 11.8 Å². The van der Waals surface area contributed by atoms with Crippen LogP contribution < -0.4 is 10.2 Å². The Hall–Kier alpha value is -2.08. The summed E-state index contributed by atoms with van der Waals surface area (Å²) in [6, 6.07) is 4.18. The number of nitrogens with zero attached hydrogens (tertiary/aromatic N) is 1. The topological polar surface area (TPSA) is 66.5 Å². The van der Waals surface area contributed by atoms with Gasteiger partial charge in [-0.3, -0.25) is 19.7 Å². The SMILES string of the molecule is CCc1cc2c3c(c1)[C@@H](C)CC(C)(C)N3C(=O)/C2=C1\SC(=O)NC1=O. The molecule has 1 atom stereocenters. The quantitative estimate of drug-likeness (QED) is 0.781. The number of nitrogens with one attached hydrogen (secondary N) is 1. The number of rotatable bonds is 1. The number of benzene rings is 1. The van der Waals surface area contributed by atoms with E-state index < -0.39 is 11.1 Å². The molecule has 3 amide bonds. The highest BCUT2D eigenvalue weighted by atomic mass is 32.2. The van der Waals surface area contributed by atoms with Crippen molar-refractivity contribution >= 4 is 40.1 Å². The van der Waals surface area contributed by atoms with Gasteiger partial charge in [0.2, 0.25) is 0 Å². The van der Waals surface area contributed by atoms with Gasteiger partial charge < -0.3 is 4.90 Å². The summed E-state index contributed by atoms with van der Waals surface area (Å²) in [6.45, 7) is 8.38. The molecule has 1 aromatic carbocycles. The fourth-order valence-electron chi connectivity index (χ4n) is 4.29. The van der Waals surface area contributed by atoms with Gasteiger partial charge in [0.15, 0.2) is 0 Å². The van der Waals surface area contributed by atoms with Crippen LogP contribution in [0.5, 0.6) is 0 Å². The first kappa shape index (κ1) is 16.4. The first-order valence-corrected chi connectivity index (χ1v) is 9.35. The number of amides is 3. The zero-order chi connectivity index (χ0) is 18.1. The van der Waals surface area contributed by atoms with Crippen molar-refractivity contribution in [2.75, 3.05) is 4.90 Å². The number of carbonyl (C=O) groups excluding carboxylic acids is 3. The monoisotopic (exact) mass is 356 g/mol. The molecule has 1 N–H and O–H groups in total. The molecule has 130 valence electrons. The average Bonchev–Trinajstić information content (AvgIpc) is 3.00. The second-order valence-corrected chi connectivity index (χ2v) is 8.52. The van der Waals surface area contributed by atoms with Gasteiger partial charge in [-0.1, -0.05) is 19.9 Å². The van der Waals surface area contributed by atoms with E-state index in [0.717, 1.165) is 47.0 Å². The standard InChI is InChI=1S/C19H20N2O3S/c1-5-10-6-11-9(2)8-19(3,4)21-14(11)12(7-10)13(17(21)23)15-16(22)20-18(24)25-15/h6-7,9H,5,8H2,1-4H3,(H,20,22,24)/b15-13-/t9-/m0/s1. The van der Waals surface area contributed by atoms with Gasteiger partial charge in [-0.25, -0.2) is 0 Å². The highest BCUT2D eigenvalue weighted by Crippen LogP contribution is 2.53. The summed E-state index contributed by atoms with van der Waals surface area (Å²) < 4.78 is 0. The molecule has 6 heteroatoms. The molecule has 1 aromatic rings. The Labute approximate surface area is 150 Å². The third-order valence-corrected chi connectivity index (χ3v) is 6.18. The van der Waals surface area contributed by atoms with E-state index >= 15 is 0 Å². The van der Waals surface area contributed by atoms with E-state index in [9.17, 15) is 14.4 Å². The molecule has 0 bridgehead atoms. The fourth-order valence-corrected chi connectivity index (χ4v) is 5.07. The van der Waals surface area contributed by atoms with E-state index in [4.69, 9.17) is 0 Å². The Balaban J connectivity index is 2.06. The molecule has 3 aliphatic rings. The minimum Gasteiger partial charge on any atom is -0.302 e. The van der Waals surface area contributed by atoms with Crippen molar-refractivity contribution in [3.63, 3.8) is 0 Å². The second-order valence-electron chi connectivity index (χ2n) is 7.54. The maximum absolute atomic E-state index is 13.3. The number of hydrogen-bond acceptors (Lipinski definition) is 4. The maximum atomic E-state index is 13.3. The van der Waals surface area contributed by atoms with Crippen LogP contribution in [0.25, 0.3) is 5.57 Å². The molecule has 0 unspecified atom stereocenters. The van der Waals surface area contributed by atoms with E-state index in [2.05, 4.69) is 39.1 Å². The molecular weight excluding hydrogens is 336 g/mol. The van der Waals surface area contributed by atoms with Gasteiger partial charge >= 0.3 is 0 Å². The van der Waals surface area contributed by atoms with Crippen LogP contribution in [0.2, 0.25) is 0 Å². The molecule has 0 aromatic heterocycles. The van der Waals surface area contributed by atoms with Gasteiger partial charge in [0.05, 0.1) is 16.2 Å². The molecule has 5 nitrogen and oxygen atoms in total. The van der Waals surface area contributed by atoms with Crippen molar-refractivity contribution in [2.45, 2.75) is 52.0 Å². The molecule has 4 rings (SSSR count). The number of anilines is 1. The van der Waals surface area contributed by atoms with E-state index in [1.54, 1.807) is 0 Å². The van der Waals surface area contributed by atoms with Crippen molar-refractivity contribution in [2.24, 2.45) is 0 Å². The van der Waals surface area contributed by atoms with Crippen LogP contribution in [-0.2, 0) is 16.0 Å². The predicted molar refractivity (Wildman–Crippen MR) is 98.5 cm³/mol. The summed E-state index contributed by atoms with van der Waals surface area (Å²) in [6.07, 6.45) is 1.71. The Morgan fingerprint density at radius 3 is 2.60 bits per heavy atom. The summed E-state index contributed by atoms with van der Waals surface area (Å²) in [5.74, 6) is -0.316. The summed E-state index contributed by atoms with van der Waals surface area (Å²) in [4.78, 5) is 39.2. The van der Waals surface area contributed by atoms with Crippen LogP contribution in [0, 0.1) is 0 Å². The Morgan fingerprint density at radius 2 is 2.00 bits per heavy atom. The van der Waals surface area contributed by atoms with Crippen molar-refractivity contribution in [3.8, 4) is 0 Å².